The number of nitrogens with zero attached hydrogens (tertiary/aromatic N) is 1. The third-order valence-corrected chi connectivity index (χ3v) is 3.16. The average Bonchev–Trinajstić information content (AvgIpc) is 2.85. The van der Waals surface area contributed by atoms with Gasteiger partial charge < -0.3 is 19.9 Å². The molecule has 0 atom stereocenters. The maximum absolute atomic E-state index is 11.6. The van der Waals surface area contributed by atoms with Gasteiger partial charge in [0.2, 0.25) is 12.7 Å². The third-order valence-electron chi connectivity index (χ3n) is 3.16. The van der Waals surface area contributed by atoms with Crippen molar-refractivity contribution >= 4 is 5.91 Å². The molecule has 1 aromatic rings. The van der Waals surface area contributed by atoms with Crippen LogP contribution in [0.4, 0.5) is 0 Å². The van der Waals surface area contributed by atoms with E-state index in [2.05, 4.69) is 5.32 Å². The number of aromatic hydroxyl groups is 1. The van der Waals surface area contributed by atoms with Crippen molar-refractivity contribution in [3.05, 3.63) is 17.7 Å². The van der Waals surface area contributed by atoms with Crippen LogP contribution in [-0.2, 0) is 11.3 Å². The van der Waals surface area contributed by atoms with Crippen molar-refractivity contribution in [2.24, 2.45) is 0 Å². The Labute approximate surface area is 118 Å². The number of hydrogen-bond acceptors (Lipinski definition) is 5. The number of carbonyl (C=O) groups is 1. The molecule has 0 fully saturated rings. The Hall–Kier alpha value is -1.95. The molecule has 0 bridgehead atoms. The minimum atomic E-state index is -0.0189. The molecule has 0 saturated heterocycles. The molecule has 1 aliphatic rings. The van der Waals surface area contributed by atoms with Crippen LogP contribution >= 0.6 is 0 Å². The smallest absolute Gasteiger partial charge is 0.234 e. The maximum atomic E-state index is 11.6. The maximum Gasteiger partial charge on any atom is 0.234 e. The van der Waals surface area contributed by atoms with Crippen molar-refractivity contribution in [1.82, 2.24) is 10.2 Å². The number of carbonyl (C=O) groups excluding carboxylic acids is 1. The summed E-state index contributed by atoms with van der Waals surface area (Å²) in [6.07, 6.45) is 0. The lowest BCUT2D eigenvalue weighted by Crippen LogP contribution is -2.36. The van der Waals surface area contributed by atoms with Gasteiger partial charge in [0.25, 0.3) is 0 Å². The Morgan fingerprint density at radius 2 is 2.05 bits per heavy atom. The first-order valence-electron chi connectivity index (χ1n) is 6.74. The Balaban J connectivity index is 2.05. The topological polar surface area (TPSA) is 71.0 Å². The van der Waals surface area contributed by atoms with Crippen molar-refractivity contribution in [2.75, 3.05) is 26.4 Å². The van der Waals surface area contributed by atoms with E-state index in [9.17, 15) is 9.90 Å². The van der Waals surface area contributed by atoms with E-state index in [4.69, 9.17) is 9.47 Å². The minimum Gasteiger partial charge on any atom is -0.507 e. The molecule has 2 rings (SSSR count). The van der Waals surface area contributed by atoms with E-state index in [1.165, 1.54) is 0 Å². The molecule has 1 heterocycles. The highest BCUT2D eigenvalue weighted by atomic mass is 16.7. The lowest BCUT2D eigenvalue weighted by Gasteiger charge is -2.20. The standard InChI is InChI=1S/C14H20N2O4/c1-3-15-14(18)8-16(4-2)7-10-5-12-13(6-11(10)17)20-9-19-12/h5-6,17H,3-4,7-9H2,1-2H3,(H,15,18). The van der Waals surface area contributed by atoms with E-state index in [-0.39, 0.29) is 18.4 Å². The lowest BCUT2D eigenvalue weighted by atomic mass is 10.1. The van der Waals surface area contributed by atoms with E-state index in [1.54, 1.807) is 12.1 Å². The van der Waals surface area contributed by atoms with Crippen LogP contribution in [-0.4, -0.2) is 42.3 Å². The van der Waals surface area contributed by atoms with Crippen LogP contribution in [0, 0.1) is 0 Å². The Kier molecular flexibility index (Phi) is 4.68. The summed E-state index contributed by atoms with van der Waals surface area (Å²) >= 11 is 0. The zero-order valence-corrected chi connectivity index (χ0v) is 11.8. The molecule has 0 radical (unpaired) electrons. The average molecular weight is 280 g/mol. The number of nitrogens with one attached hydrogen (secondary N) is 1. The highest BCUT2D eigenvalue weighted by Crippen LogP contribution is 2.37. The first kappa shape index (κ1) is 14.5. The second-order valence-electron chi connectivity index (χ2n) is 4.59. The van der Waals surface area contributed by atoms with Crippen LogP contribution in [0.15, 0.2) is 12.1 Å². The number of likely N-dealkylation sites (N-methyl/N-ethyl adjacent to an activating group) is 2. The number of phenols is 1. The second-order valence-corrected chi connectivity index (χ2v) is 4.59. The highest BCUT2D eigenvalue weighted by Gasteiger charge is 2.18. The summed E-state index contributed by atoms with van der Waals surface area (Å²) in [5.74, 6) is 1.32. The van der Waals surface area contributed by atoms with Gasteiger partial charge in [-0.3, -0.25) is 9.69 Å². The largest absolute Gasteiger partial charge is 0.507 e. The number of hydrogen-bond donors (Lipinski definition) is 2. The van der Waals surface area contributed by atoms with E-state index >= 15 is 0 Å². The summed E-state index contributed by atoms with van der Waals surface area (Å²) in [7, 11) is 0. The molecule has 0 saturated carbocycles. The van der Waals surface area contributed by atoms with Crippen molar-refractivity contribution in [3.8, 4) is 17.2 Å². The monoisotopic (exact) mass is 280 g/mol. The van der Waals surface area contributed by atoms with Gasteiger partial charge in [0, 0.05) is 24.7 Å². The third kappa shape index (κ3) is 3.33. The Morgan fingerprint density at radius 1 is 1.35 bits per heavy atom. The molecule has 110 valence electrons. The summed E-state index contributed by atoms with van der Waals surface area (Å²) in [6.45, 7) is 6.15. The van der Waals surface area contributed by atoms with E-state index in [0.717, 1.165) is 5.56 Å². The van der Waals surface area contributed by atoms with Crippen LogP contribution in [0.1, 0.15) is 19.4 Å². The summed E-state index contributed by atoms with van der Waals surface area (Å²) in [6, 6.07) is 3.32. The molecular formula is C14H20N2O4. The summed E-state index contributed by atoms with van der Waals surface area (Å²) in [5.41, 5.74) is 0.723. The molecule has 0 aliphatic carbocycles. The number of fused-ring (bicyclic) bond motifs is 1. The summed E-state index contributed by atoms with van der Waals surface area (Å²) in [4.78, 5) is 13.6. The molecule has 1 aromatic carbocycles. The van der Waals surface area contributed by atoms with E-state index in [0.29, 0.717) is 37.7 Å². The van der Waals surface area contributed by atoms with Crippen molar-refractivity contribution in [1.29, 1.82) is 0 Å². The second kappa shape index (κ2) is 6.47. The fraction of sp³-hybridized carbons (Fsp3) is 0.500. The van der Waals surface area contributed by atoms with Gasteiger partial charge in [0.05, 0.1) is 6.54 Å². The SMILES string of the molecule is CCNC(=O)CN(CC)Cc1cc2c(cc1O)OCO2. The molecule has 0 aromatic heterocycles. The molecule has 6 nitrogen and oxygen atoms in total. The number of phenolic OH excluding ortho intramolecular Hbond substituents is 1. The predicted molar refractivity (Wildman–Crippen MR) is 73.9 cm³/mol. The number of amides is 1. The predicted octanol–water partition coefficient (Wildman–Crippen LogP) is 1.08. The molecule has 2 N–H and O–H groups in total. The zero-order valence-electron chi connectivity index (χ0n) is 11.8. The quantitative estimate of drug-likeness (QED) is 0.816. The van der Waals surface area contributed by atoms with E-state index < -0.39 is 0 Å². The molecule has 1 aliphatic heterocycles. The molecule has 0 spiro atoms. The lowest BCUT2D eigenvalue weighted by molar-refractivity contribution is -0.122. The molecular weight excluding hydrogens is 260 g/mol. The van der Waals surface area contributed by atoms with Crippen LogP contribution in [0.25, 0.3) is 0 Å². The normalized spacial score (nSPS) is 12.8. The highest BCUT2D eigenvalue weighted by molar-refractivity contribution is 5.77. The Bertz CT molecular complexity index is 490. The molecule has 6 heteroatoms. The van der Waals surface area contributed by atoms with Gasteiger partial charge >= 0.3 is 0 Å². The van der Waals surface area contributed by atoms with Crippen molar-refractivity contribution in [2.45, 2.75) is 20.4 Å². The minimum absolute atomic E-state index is 0.0189. The van der Waals surface area contributed by atoms with Gasteiger partial charge in [0.15, 0.2) is 11.5 Å². The first-order valence-corrected chi connectivity index (χ1v) is 6.74. The van der Waals surface area contributed by atoms with Crippen molar-refractivity contribution in [3.63, 3.8) is 0 Å². The first-order chi connectivity index (χ1) is 9.63. The molecule has 0 unspecified atom stereocenters. The summed E-state index contributed by atoms with van der Waals surface area (Å²) in [5, 5.41) is 12.8. The van der Waals surface area contributed by atoms with Gasteiger partial charge in [-0.05, 0) is 19.5 Å². The summed E-state index contributed by atoms with van der Waals surface area (Å²) < 4.78 is 10.5. The van der Waals surface area contributed by atoms with Gasteiger partial charge in [-0.15, -0.1) is 0 Å². The molecule has 1 amide bonds. The van der Waals surface area contributed by atoms with Crippen LogP contribution in [0.2, 0.25) is 0 Å². The fourth-order valence-electron chi connectivity index (χ4n) is 2.08. The van der Waals surface area contributed by atoms with Crippen molar-refractivity contribution < 1.29 is 19.4 Å². The van der Waals surface area contributed by atoms with Crippen LogP contribution in [0.3, 0.4) is 0 Å². The molecule has 20 heavy (non-hydrogen) atoms. The number of rotatable bonds is 6. The zero-order chi connectivity index (χ0) is 14.5. The van der Waals surface area contributed by atoms with E-state index in [1.807, 2.05) is 18.7 Å². The Morgan fingerprint density at radius 3 is 2.70 bits per heavy atom. The van der Waals surface area contributed by atoms with Gasteiger partial charge in [-0.2, -0.15) is 0 Å². The van der Waals surface area contributed by atoms with Gasteiger partial charge in [0.1, 0.15) is 5.75 Å². The van der Waals surface area contributed by atoms with Crippen LogP contribution < -0.4 is 14.8 Å². The number of benzene rings is 1. The van der Waals surface area contributed by atoms with Gasteiger partial charge in [-0.25, -0.2) is 0 Å². The van der Waals surface area contributed by atoms with Crippen LogP contribution in [0.5, 0.6) is 17.2 Å². The van der Waals surface area contributed by atoms with Gasteiger partial charge in [-0.1, -0.05) is 6.92 Å². The number of ether oxygens (including phenoxy) is 2. The fourth-order valence-corrected chi connectivity index (χ4v) is 2.08.